The van der Waals surface area contributed by atoms with Crippen molar-refractivity contribution in [2.45, 2.75) is 102 Å². The van der Waals surface area contributed by atoms with Crippen LogP contribution in [0.5, 0.6) is 0 Å². The van der Waals surface area contributed by atoms with E-state index in [1.807, 2.05) is 48.5 Å². The number of ether oxygens (including phenoxy) is 1. The van der Waals surface area contributed by atoms with Gasteiger partial charge in [-0.15, -0.1) is 0 Å². The van der Waals surface area contributed by atoms with Crippen LogP contribution >= 0.6 is 0 Å². The molecule has 2 atom stereocenters. The predicted octanol–water partition coefficient (Wildman–Crippen LogP) is 7.05. The molecule has 2 aromatic rings. The van der Waals surface area contributed by atoms with Gasteiger partial charge in [-0.25, -0.2) is 9.69 Å². The molecule has 1 aliphatic heterocycles. The molecule has 3 rings (SSSR count). The smallest absolute Gasteiger partial charge is 0.416 e. The molecule has 0 bridgehead atoms. The van der Waals surface area contributed by atoms with Crippen LogP contribution in [0, 0.1) is 0 Å². The first kappa shape index (κ1) is 29.8. The largest absolute Gasteiger partial charge is 0.447 e. The summed E-state index contributed by atoms with van der Waals surface area (Å²) in [5.74, 6) is 0.0105. The lowest BCUT2D eigenvalue weighted by molar-refractivity contribution is -0.129. The molecule has 1 saturated heterocycles. The highest BCUT2D eigenvalue weighted by atomic mass is 28.3. The molecule has 5 nitrogen and oxygen atoms in total. The number of ketones is 1. The van der Waals surface area contributed by atoms with E-state index in [-0.39, 0.29) is 36.3 Å². The minimum atomic E-state index is -2.19. The van der Waals surface area contributed by atoms with Gasteiger partial charge in [-0.1, -0.05) is 124 Å². The topological polar surface area (TPSA) is 63.7 Å². The van der Waals surface area contributed by atoms with E-state index in [0.717, 1.165) is 18.4 Å². The lowest BCUT2D eigenvalue weighted by Gasteiger charge is -2.33. The Balaban J connectivity index is 1.68. The van der Waals surface area contributed by atoms with Gasteiger partial charge in [0.15, 0.2) is 0 Å². The first-order valence-electron chi connectivity index (χ1n) is 14.4. The average Bonchev–Trinajstić information content (AvgIpc) is 3.28. The number of benzene rings is 2. The van der Waals surface area contributed by atoms with Crippen LogP contribution in [0.1, 0.15) is 76.7 Å². The van der Waals surface area contributed by atoms with Gasteiger partial charge in [0.2, 0.25) is 5.91 Å². The number of rotatable bonds is 16. The standard InChI is InChI=1S/C32H45NO4Si/c1-4-5-6-7-8-9-14-19-28(34)23-30(38(2,3)29-20-15-11-16-21-29)24-31(35)33-27(25-37-32(33)36)22-26-17-12-10-13-18-26/h10-13,15-18,20-21,27,30H,4-9,14,19,22-25H2,1-3H3/t27-,30-/m0/s1. The Hall–Kier alpha value is -2.73. The van der Waals surface area contributed by atoms with Crippen LogP contribution in [0.25, 0.3) is 0 Å². The number of hydrogen-bond donors (Lipinski definition) is 0. The summed E-state index contributed by atoms with van der Waals surface area (Å²) in [6.07, 6.45) is 9.36. The summed E-state index contributed by atoms with van der Waals surface area (Å²) >= 11 is 0. The highest BCUT2D eigenvalue weighted by molar-refractivity contribution is 6.91. The van der Waals surface area contributed by atoms with Gasteiger partial charge < -0.3 is 4.74 Å². The minimum Gasteiger partial charge on any atom is -0.447 e. The second-order valence-corrected chi connectivity index (χ2v) is 16.1. The van der Waals surface area contributed by atoms with Crippen molar-refractivity contribution in [1.29, 1.82) is 0 Å². The minimum absolute atomic E-state index is 0.0831. The molecule has 2 aromatic carbocycles. The SMILES string of the molecule is CCCCCCCCCC(=O)C[C@@H](CC(=O)N1C(=O)OC[C@@H]1Cc1ccccc1)[Si](C)(C)c1ccccc1. The fourth-order valence-corrected chi connectivity index (χ4v) is 8.40. The first-order chi connectivity index (χ1) is 18.3. The molecule has 206 valence electrons. The quantitative estimate of drug-likeness (QED) is 0.171. The van der Waals surface area contributed by atoms with Crippen molar-refractivity contribution < 1.29 is 19.1 Å². The maximum atomic E-state index is 13.6. The van der Waals surface area contributed by atoms with Crippen molar-refractivity contribution in [3.05, 3.63) is 66.2 Å². The average molecular weight is 536 g/mol. The molecule has 0 N–H and O–H groups in total. The van der Waals surface area contributed by atoms with Crippen molar-refractivity contribution in [2.24, 2.45) is 0 Å². The molecular weight excluding hydrogens is 490 g/mol. The number of carbonyl (C=O) groups excluding carboxylic acids is 3. The molecule has 1 aliphatic rings. The Bertz CT molecular complexity index is 1020. The summed E-state index contributed by atoms with van der Waals surface area (Å²) in [7, 11) is -2.19. The van der Waals surface area contributed by atoms with Gasteiger partial charge in [-0.05, 0) is 23.9 Å². The fourth-order valence-electron chi connectivity index (χ4n) is 5.45. The van der Waals surface area contributed by atoms with Crippen LogP contribution in [-0.4, -0.2) is 43.4 Å². The third-order valence-corrected chi connectivity index (χ3v) is 12.3. The number of imide groups is 1. The lowest BCUT2D eigenvalue weighted by Crippen LogP contribution is -2.49. The number of carbonyl (C=O) groups is 3. The van der Waals surface area contributed by atoms with E-state index in [2.05, 4.69) is 32.2 Å². The Morgan fingerprint density at radius 1 is 0.895 bits per heavy atom. The fraction of sp³-hybridized carbons (Fsp3) is 0.531. The summed E-state index contributed by atoms with van der Waals surface area (Å²) in [5.41, 5.74) is 0.981. The molecule has 6 heteroatoms. The van der Waals surface area contributed by atoms with Gasteiger partial charge >= 0.3 is 6.09 Å². The van der Waals surface area contributed by atoms with Crippen molar-refractivity contribution in [3.63, 3.8) is 0 Å². The molecular formula is C32H45NO4Si. The molecule has 2 amide bonds. The first-order valence-corrected chi connectivity index (χ1v) is 17.5. The van der Waals surface area contributed by atoms with Gasteiger partial charge in [0, 0.05) is 19.3 Å². The molecule has 1 heterocycles. The van der Waals surface area contributed by atoms with Crippen LogP contribution in [-0.2, 0) is 20.7 Å². The molecule has 0 saturated carbocycles. The highest BCUT2D eigenvalue weighted by Gasteiger charge is 2.42. The van der Waals surface area contributed by atoms with Gasteiger partial charge in [0.05, 0.1) is 14.1 Å². The maximum Gasteiger partial charge on any atom is 0.416 e. The third-order valence-electron chi connectivity index (χ3n) is 8.04. The second kappa shape index (κ2) is 15.0. The molecule has 0 radical (unpaired) electrons. The number of hydrogen-bond acceptors (Lipinski definition) is 4. The zero-order valence-corrected chi connectivity index (χ0v) is 24.5. The Morgan fingerprint density at radius 3 is 2.16 bits per heavy atom. The molecule has 38 heavy (non-hydrogen) atoms. The molecule has 0 aromatic heterocycles. The van der Waals surface area contributed by atoms with E-state index in [1.165, 1.54) is 42.2 Å². The van der Waals surface area contributed by atoms with Crippen LogP contribution in [0.2, 0.25) is 18.6 Å². The molecule has 0 unspecified atom stereocenters. The maximum absolute atomic E-state index is 13.6. The highest BCUT2D eigenvalue weighted by Crippen LogP contribution is 2.32. The van der Waals surface area contributed by atoms with E-state index < -0.39 is 14.2 Å². The summed E-state index contributed by atoms with van der Waals surface area (Å²) in [4.78, 5) is 40.7. The Labute approximate surface area is 230 Å². The number of amides is 2. The van der Waals surface area contributed by atoms with Crippen molar-refractivity contribution in [2.75, 3.05) is 6.61 Å². The van der Waals surface area contributed by atoms with Gasteiger partial charge in [-0.3, -0.25) is 9.59 Å². The number of cyclic esters (lactones) is 1. The van der Waals surface area contributed by atoms with Crippen LogP contribution in [0.15, 0.2) is 60.7 Å². The van der Waals surface area contributed by atoms with Crippen molar-refractivity contribution in [3.8, 4) is 0 Å². The monoisotopic (exact) mass is 535 g/mol. The van der Waals surface area contributed by atoms with Gasteiger partial charge in [0.1, 0.15) is 12.4 Å². The number of unbranched alkanes of at least 4 members (excludes halogenated alkanes) is 6. The Kier molecular flexibility index (Phi) is 11.8. The second-order valence-electron chi connectivity index (χ2n) is 11.3. The molecule has 0 spiro atoms. The predicted molar refractivity (Wildman–Crippen MR) is 156 cm³/mol. The van der Waals surface area contributed by atoms with Crippen LogP contribution in [0.3, 0.4) is 0 Å². The van der Waals surface area contributed by atoms with Gasteiger partial charge in [-0.2, -0.15) is 0 Å². The van der Waals surface area contributed by atoms with E-state index in [1.54, 1.807) is 0 Å². The van der Waals surface area contributed by atoms with E-state index in [0.29, 0.717) is 19.3 Å². The summed E-state index contributed by atoms with van der Waals surface area (Å²) < 4.78 is 5.32. The summed E-state index contributed by atoms with van der Waals surface area (Å²) in [6.45, 7) is 6.91. The zero-order chi connectivity index (χ0) is 27.4. The summed E-state index contributed by atoms with van der Waals surface area (Å²) in [5, 5.41) is 1.23. The number of nitrogens with zero attached hydrogens (tertiary/aromatic N) is 1. The van der Waals surface area contributed by atoms with E-state index in [9.17, 15) is 14.4 Å². The van der Waals surface area contributed by atoms with E-state index >= 15 is 0 Å². The van der Waals surface area contributed by atoms with Crippen molar-refractivity contribution in [1.82, 2.24) is 4.90 Å². The van der Waals surface area contributed by atoms with E-state index in [4.69, 9.17) is 4.74 Å². The number of Topliss-reactive ketones (excluding diaryl/α,β-unsaturated/α-hetero) is 1. The third kappa shape index (κ3) is 8.65. The Morgan fingerprint density at radius 2 is 1.50 bits per heavy atom. The van der Waals surface area contributed by atoms with Crippen molar-refractivity contribution >= 4 is 31.0 Å². The van der Waals surface area contributed by atoms with Crippen LogP contribution in [0.4, 0.5) is 4.79 Å². The normalized spacial score (nSPS) is 16.3. The van der Waals surface area contributed by atoms with Gasteiger partial charge in [0.25, 0.3) is 0 Å². The molecule has 0 aliphatic carbocycles. The zero-order valence-electron chi connectivity index (χ0n) is 23.5. The van der Waals surface area contributed by atoms with Crippen LogP contribution < -0.4 is 5.19 Å². The lowest BCUT2D eigenvalue weighted by atomic mass is 10.0. The summed E-state index contributed by atoms with van der Waals surface area (Å²) in [6, 6.07) is 19.8. The molecule has 1 fully saturated rings.